The standard InChI is InChI=1S/C9H11BrFN/c1-9(2,12)8-6(10)4-3-5-7(8)11/h3-5H,12H2,1-2H3. The summed E-state index contributed by atoms with van der Waals surface area (Å²) >= 11 is 3.26. The van der Waals surface area contributed by atoms with E-state index in [1.54, 1.807) is 26.0 Å². The third kappa shape index (κ3) is 1.84. The Morgan fingerprint density at radius 3 is 2.33 bits per heavy atom. The molecule has 0 aliphatic heterocycles. The molecule has 2 N–H and O–H groups in total. The maximum absolute atomic E-state index is 13.2. The van der Waals surface area contributed by atoms with Gasteiger partial charge in [-0.3, -0.25) is 0 Å². The lowest BCUT2D eigenvalue weighted by molar-refractivity contribution is 0.498. The highest BCUT2D eigenvalue weighted by atomic mass is 79.9. The van der Waals surface area contributed by atoms with E-state index in [4.69, 9.17) is 5.73 Å². The number of rotatable bonds is 1. The SMILES string of the molecule is CC(C)(N)c1c(F)cccc1Br. The van der Waals surface area contributed by atoms with Gasteiger partial charge in [0.2, 0.25) is 0 Å². The normalized spacial score (nSPS) is 11.8. The van der Waals surface area contributed by atoms with E-state index in [2.05, 4.69) is 15.9 Å². The lowest BCUT2D eigenvalue weighted by Crippen LogP contribution is -2.30. The summed E-state index contributed by atoms with van der Waals surface area (Å²) in [6.45, 7) is 3.55. The number of hydrogen-bond acceptors (Lipinski definition) is 1. The van der Waals surface area contributed by atoms with Gasteiger partial charge in [-0.05, 0) is 26.0 Å². The molecule has 0 aromatic heterocycles. The van der Waals surface area contributed by atoms with E-state index in [9.17, 15) is 4.39 Å². The molecule has 0 aliphatic carbocycles. The van der Waals surface area contributed by atoms with Crippen molar-refractivity contribution in [3.05, 3.63) is 34.1 Å². The lowest BCUT2D eigenvalue weighted by atomic mass is 9.95. The molecular weight excluding hydrogens is 221 g/mol. The van der Waals surface area contributed by atoms with Crippen LogP contribution in [0.15, 0.2) is 22.7 Å². The predicted molar refractivity (Wildman–Crippen MR) is 51.3 cm³/mol. The first-order valence-corrected chi connectivity index (χ1v) is 4.45. The van der Waals surface area contributed by atoms with Crippen LogP contribution in [-0.4, -0.2) is 0 Å². The van der Waals surface area contributed by atoms with Crippen LogP contribution < -0.4 is 5.73 Å². The maximum Gasteiger partial charge on any atom is 0.129 e. The zero-order valence-electron chi connectivity index (χ0n) is 7.07. The van der Waals surface area contributed by atoms with Gasteiger partial charge < -0.3 is 5.73 Å². The second kappa shape index (κ2) is 3.15. The fraction of sp³-hybridized carbons (Fsp3) is 0.333. The molecule has 12 heavy (non-hydrogen) atoms. The van der Waals surface area contributed by atoms with Gasteiger partial charge >= 0.3 is 0 Å². The fourth-order valence-electron chi connectivity index (χ4n) is 1.11. The smallest absolute Gasteiger partial charge is 0.129 e. The number of hydrogen-bond donors (Lipinski definition) is 1. The summed E-state index contributed by atoms with van der Waals surface area (Å²) in [6.07, 6.45) is 0. The van der Waals surface area contributed by atoms with Gasteiger partial charge in [0.05, 0.1) is 0 Å². The maximum atomic E-state index is 13.2. The summed E-state index contributed by atoms with van der Waals surface area (Å²) in [6, 6.07) is 4.84. The average molecular weight is 232 g/mol. The van der Waals surface area contributed by atoms with Crippen LogP contribution in [0.1, 0.15) is 19.4 Å². The van der Waals surface area contributed by atoms with Gasteiger partial charge in [0.15, 0.2) is 0 Å². The number of nitrogens with two attached hydrogens (primary N) is 1. The summed E-state index contributed by atoms with van der Waals surface area (Å²) in [5, 5.41) is 0. The Balaban J connectivity index is 3.31. The van der Waals surface area contributed by atoms with E-state index in [-0.39, 0.29) is 5.82 Å². The molecule has 0 unspecified atom stereocenters. The van der Waals surface area contributed by atoms with E-state index in [0.29, 0.717) is 5.56 Å². The topological polar surface area (TPSA) is 26.0 Å². The second-order valence-corrected chi connectivity index (χ2v) is 4.17. The molecule has 1 aromatic carbocycles. The lowest BCUT2D eigenvalue weighted by Gasteiger charge is -2.21. The number of benzene rings is 1. The quantitative estimate of drug-likeness (QED) is 0.791. The third-order valence-corrected chi connectivity index (χ3v) is 2.27. The molecule has 0 atom stereocenters. The average Bonchev–Trinajstić information content (AvgIpc) is 1.82. The van der Waals surface area contributed by atoms with E-state index in [0.717, 1.165) is 4.47 Å². The number of halogens is 2. The van der Waals surface area contributed by atoms with Gasteiger partial charge in [0.25, 0.3) is 0 Å². The van der Waals surface area contributed by atoms with E-state index in [1.807, 2.05) is 0 Å². The summed E-state index contributed by atoms with van der Waals surface area (Å²) in [7, 11) is 0. The summed E-state index contributed by atoms with van der Waals surface area (Å²) in [5.41, 5.74) is 5.66. The van der Waals surface area contributed by atoms with Gasteiger partial charge in [-0.2, -0.15) is 0 Å². The zero-order chi connectivity index (χ0) is 9.35. The molecule has 0 saturated heterocycles. The highest BCUT2D eigenvalue weighted by Gasteiger charge is 2.21. The Hall–Kier alpha value is -0.410. The van der Waals surface area contributed by atoms with Crippen molar-refractivity contribution in [1.82, 2.24) is 0 Å². The van der Waals surface area contributed by atoms with Crippen molar-refractivity contribution in [3.63, 3.8) is 0 Å². The summed E-state index contributed by atoms with van der Waals surface area (Å²) in [5.74, 6) is -0.267. The van der Waals surface area contributed by atoms with Crippen LogP contribution in [0.2, 0.25) is 0 Å². The van der Waals surface area contributed by atoms with Gasteiger partial charge in [-0.1, -0.05) is 22.0 Å². The van der Waals surface area contributed by atoms with Crippen LogP contribution in [0.3, 0.4) is 0 Å². The van der Waals surface area contributed by atoms with Crippen molar-refractivity contribution in [2.24, 2.45) is 5.73 Å². The van der Waals surface area contributed by atoms with Crippen molar-refractivity contribution in [2.75, 3.05) is 0 Å². The molecule has 0 bridgehead atoms. The van der Waals surface area contributed by atoms with Gasteiger partial charge in [-0.25, -0.2) is 4.39 Å². The molecule has 0 aliphatic rings. The zero-order valence-corrected chi connectivity index (χ0v) is 8.65. The molecule has 0 saturated carbocycles. The molecule has 0 spiro atoms. The molecule has 1 nitrogen and oxygen atoms in total. The molecule has 3 heteroatoms. The first-order valence-electron chi connectivity index (χ1n) is 3.66. The highest BCUT2D eigenvalue weighted by Crippen LogP contribution is 2.28. The first kappa shape index (κ1) is 9.68. The predicted octanol–water partition coefficient (Wildman–Crippen LogP) is 2.78. The van der Waals surface area contributed by atoms with Gasteiger partial charge in [0.1, 0.15) is 5.82 Å². The fourth-order valence-corrected chi connectivity index (χ4v) is 1.97. The van der Waals surface area contributed by atoms with Crippen molar-refractivity contribution in [3.8, 4) is 0 Å². The van der Waals surface area contributed by atoms with Crippen LogP contribution in [0.25, 0.3) is 0 Å². The highest BCUT2D eigenvalue weighted by molar-refractivity contribution is 9.10. The van der Waals surface area contributed by atoms with Crippen LogP contribution in [0.4, 0.5) is 4.39 Å². The minimum Gasteiger partial charge on any atom is -0.322 e. The molecule has 0 fully saturated rings. The summed E-state index contributed by atoms with van der Waals surface area (Å²) < 4.78 is 14.0. The van der Waals surface area contributed by atoms with Crippen molar-refractivity contribution in [1.29, 1.82) is 0 Å². The third-order valence-electron chi connectivity index (χ3n) is 1.61. The van der Waals surface area contributed by atoms with Crippen LogP contribution in [-0.2, 0) is 5.54 Å². The van der Waals surface area contributed by atoms with Crippen molar-refractivity contribution in [2.45, 2.75) is 19.4 Å². The van der Waals surface area contributed by atoms with E-state index in [1.165, 1.54) is 6.07 Å². The van der Waals surface area contributed by atoms with Crippen molar-refractivity contribution >= 4 is 15.9 Å². The van der Waals surface area contributed by atoms with E-state index >= 15 is 0 Å². The molecule has 0 radical (unpaired) electrons. The Labute approximate surface area is 79.9 Å². The summed E-state index contributed by atoms with van der Waals surface area (Å²) in [4.78, 5) is 0. The Morgan fingerprint density at radius 1 is 1.42 bits per heavy atom. The Bertz CT molecular complexity index is 271. The van der Waals surface area contributed by atoms with Crippen LogP contribution >= 0.6 is 15.9 Å². The second-order valence-electron chi connectivity index (χ2n) is 3.32. The minimum atomic E-state index is -0.649. The van der Waals surface area contributed by atoms with Crippen molar-refractivity contribution < 1.29 is 4.39 Å². The molecule has 1 rings (SSSR count). The molecule has 1 aromatic rings. The van der Waals surface area contributed by atoms with Gasteiger partial charge in [-0.15, -0.1) is 0 Å². The van der Waals surface area contributed by atoms with Gasteiger partial charge in [0, 0.05) is 15.6 Å². The van der Waals surface area contributed by atoms with Crippen LogP contribution in [0.5, 0.6) is 0 Å². The minimum absolute atomic E-state index is 0.267. The van der Waals surface area contributed by atoms with Crippen LogP contribution in [0, 0.1) is 5.82 Å². The Kier molecular flexibility index (Phi) is 2.54. The molecule has 0 amide bonds. The molecule has 0 heterocycles. The molecule has 66 valence electrons. The largest absolute Gasteiger partial charge is 0.322 e. The Morgan fingerprint density at radius 2 is 2.00 bits per heavy atom. The monoisotopic (exact) mass is 231 g/mol. The first-order chi connectivity index (χ1) is 5.43. The molecular formula is C9H11BrFN. The van der Waals surface area contributed by atoms with E-state index < -0.39 is 5.54 Å².